The highest BCUT2D eigenvalue weighted by atomic mass is 35.5. The normalized spacial score (nSPS) is 19.9. The molecule has 1 aromatic carbocycles. The van der Waals surface area contributed by atoms with Gasteiger partial charge in [0.05, 0.1) is 5.56 Å². The van der Waals surface area contributed by atoms with Crippen LogP contribution in [0.25, 0.3) is 0 Å². The number of hydrogen-bond acceptors (Lipinski definition) is 2. The molecule has 86 valence electrons. The fourth-order valence-corrected chi connectivity index (χ4v) is 1.71. The van der Waals surface area contributed by atoms with Crippen molar-refractivity contribution in [3.8, 4) is 0 Å². The van der Waals surface area contributed by atoms with Crippen LogP contribution in [0, 0.1) is 0 Å². The summed E-state index contributed by atoms with van der Waals surface area (Å²) in [6.45, 7) is 0.115. The minimum atomic E-state index is -4.40. The highest BCUT2D eigenvalue weighted by Crippen LogP contribution is 2.37. The van der Waals surface area contributed by atoms with Crippen molar-refractivity contribution in [3.05, 3.63) is 34.3 Å². The van der Waals surface area contributed by atoms with Gasteiger partial charge in [-0.3, -0.25) is 0 Å². The van der Waals surface area contributed by atoms with Crippen LogP contribution in [0.4, 0.5) is 13.2 Å². The van der Waals surface area contributed by atoms with E-state index in [0.29, 0.717) is 0 Å². The summed E-state index contributed by atoms with van der Waals surface area (Å²) in [7, 11) is 0. The van der Waals surface area contributed by atoms with E-state index in [2.05, 4.69) is 4.99 Å². The van der Waals surface area contributed by atoms with Crippen molar-refractivity contribution < 1.29 is 17.9 Å². The van der Waals surface area contributed by atoms with E-state index in [1.54, 1.807) is 0 Å². The van der Waals surface area contributed by atoms with Crippen LogP contribution in [0.15, 0.2) is 23.2 Å². The lowest BCUT2D eigenvalue weighted by atomic mass is 10.0. The lowest BCUT2D eigenvalue weighted by molar-refractivity contribution is -0.138. The van der Waals surface area contributed by atoms with E-state index in [4.69, 9.17) is 16.3 Å². The lowest BCUT2D eigenvalue weighted by Crippen LogP contribution is -2.12. The van der Waals surface area contributed by atoms with Gasteiger partial charge in [-0.2, -0.15) is 13.2 Å². The summed E-state index contributed by atoms with van der Waals surface area (Å²) in [5.74, 6) is 0. The first kappa shape index (κ1) is 11.3. The van der Waals surface area contributed by atoms with Crippen molar-refractivity contribution in [2.45, 2.75) is 12.2 Å². The van der Waals surface area contributed by atoms with Gasteiger partial charge in [0.25, 0.3) is 0 Å². The fourth-order valence-electron chi connectivity index (χ4n) is 1.53. The molecule has 0 saturated heterocycles. The van der Waals surface area contributed by atoms with Gasteiger partial charge in [0, 0.05) is 5.02 Å². The molecule has 0 N–H and O–H groups in total. The first-order valence-electron chi connectivity index (χ1n) is 4.48. The van der Waals surface area contributed by atoms with Crippen LogP contribution >= 0.6 is 11.6 Å². The molecular weight excluding hydrogens is 243 g/mol. The molecule has 0 bridgehead atoms. The van der Waals surface area contributed by atoms with E-state index in [1.165, 1.54) is 12.1 Å². The largest absolute Gasteiger partial charge is 0.481 e. The summed E-state index contributed by atoms with van der Waals surface area (Å²) in [6, 6.07) is 2.83. The Balaban J connectivity index is 2.48. The molecule has 1 aliphatic rings. The monoisotopic (exact) mass is 249 g/mol. The van der Waals surface area contributed by atoms with Crippen LogP contribution in [0.2, 0.25) is 5.02 Å². The molecular formula is C10H7ClF3NO. The van der Waals surface area contributed by atoms with Crippen LogP contribution < -0.4 is 0 Å². The van der Waals surface area contributed by atoms with Gasteiger partial charge in [0.2, 0.25) is 0 Å². The van der Waals surface area contributed by atoms with Crippen molar-refractivity contribution >= 4 is 18.0 Å². The number of hydrogen-bond donors (Lipinski definition) is 0. The van der Waals surface area contributed by atoms with E-state index >= 15 is 0 Å². The Hall–Kier alpha value is -1.23. The molecule has 1 aromatic rings. The molecule has 2 nitrogen and oxygen atoms in total. The van der Waals surface area contributed by atoms with Crippen LogP contribution in [-0.4, -0.2) is 13.0 Å². The standard InChI is InChI=1S/C10H7ClF3NO/c11-6-1-2-8(10(12,13)14)7(3-6)9-4-16-5-15-9/h1-3,5,9H,4H2. The number of aliphatic imine (C=N–C) groups is 1. The van der Waals surface area contributed by atoms with E-state index in [0.717, 1.165) is 12.5 Å². The Morgan fingerprint density at radius 2 is 2.12 bits per heavy atom. The fraction of sp³-hybridized carbons (Fsp3) is 0.300. The number of nitrogens with zero attached hydrogens (tertiary/aromatic N) is 1. The summed E-state index contributed by atoms with van der Waals surface area (Å²) in [6.07, 6.45) is -3.25. The van der Waals surface area contributed by atoms with Gasteiger partial charge in [-0.25, -0.2) is 4.99 Å². The topological polar surface area (TPSA) is 21.6 Å². The minimum Gasteiger partial charge on any atom is -0.481 e. The predicted molar refractivity (Wildman–Crippen MR) is 53.6 cm³/mol. The van der Waals surface area contributed by atoms with Crippen molar-refractivity contribution in [2.24, 2.45) is 4.99 Å². The van der Waals surface area contributed by atoms with E-state index in [-0.39, 0.29) is 17.2 Å². The van der Waals surface area contributed by atoms with Crippen molar-refractivity contribution in [1.29, 1.82) is 0 Å². The number of rotatable bonds is 1. The van der Waals surface area contributed by atoms with Crippen LogP contribution in [0.5, 0.6) is 0 Å². The van der Waals surface area contributed by atoms with Crippen molar-refractivity contribution in [3.63, 3.8) is 0 Å². The number of benzene rings is 1. The van der Waals surface area contributed by atoms with Crippen LogP contribution in [0.3, 0.4) is 0 Å². The zero-order valence-corrected chi connectivity index (χ0v) is 8.72. The molecule has 0 spiro atoms. The number of ether oxygens (including phenoxy) is 1. The maximum atomic E-state index is 12.7. The lowest BCUT2D eigenvalue weighted by Gasteiger charge is -2.15. The highest BCUT2D eigenvalue weighted by Gasteiger charge is 2.35. The van der Waals surface area contributed by atoms with Crippen LogP contribution in [0.1, 0.15) is 17.2 Å². The third kappa shape index (κ3) is 2.14. The SMILES string of the molecule is FC(F)(F)c1ccc(Cl)cc1C1COC=N1. The Bertz CT molecular complexity index is 431. The molecule has 0 aromatic heterocycles. The number of halogens is 4. The molecule has 1 atom stereocenters. The van der Waals surface area contributed by atoms with Gasteiger partial charge in [-0.15, -0.1) is 0 Å². The zero-order chi connectivity index (χ0) is 11.8. The first-order chi connectivity index (χ1) is 7.48. The Labute approximate surface area is 94.7 Å². The Kier molecular flexibility index (Phi) is 2.80. The number of alkyl halides is 3. The van der Waals surface area contributed by atoms with Gasteiger partial charge in [-0.1, -0.05) is 11.6 Å². The smallest absolute Gasteiger partial charge is 0.416 e. The zero-order valence-electron chi connectivity index (χ0n) is 7.96. The van der Waals surface area contributed by atoms with Gasteiger partial charge >= 0.3 is 6.18 Å². The average Bonchev–Trinajstić information content (AvgIpc) is 2.68. The molecule has 0 aliphatic carbocycles. The molecule has 0 fully saturated rings. The molecule has 1 aliphatic heterocycles. The van der Waals surface area contributed by atoms with E-state index in [1.807, 2.05) is 0 Å². The summed E-state index contributed by atoms with van der Waals surface area (Å²) >= 11 is 5.69. The Morgan fingerprint density at radius 3 is 2.69 bits per heavy atom. The summed E-state index contributed by atoms with van der Waals surface area (Å²) in [4.78, 5) is 3.82. The maximum Gasteiger partial charge on any atom is 0.416 e. The molecule has 2 rings (SSSR count). The second kappa shape index (κ2) is 3.97. The molecule has 6 heteroatoms. The maximum absolute atomic E-state index is 12.7. The van der Waals surface area contributed by atoms with Gasteiger partial charge in [0.1, 0.15) is 12.6 Å². The van der Waals surface area contributed by atoms with E-state index < -0.39 is 17.8 Å². The molecule has 1 heterocycles. The first-order valence-corrected chi connectivity index (χ1v) is 4.86. The predicted octanol–water partition coefficient (Wildman–Crippen LogP) is 3.46. The van der Waals surface area contributed by atoms with Crippen molar-refractivity contribution in [1.82, 2.24) is 0 Å². The van der Waals surface area contributed by atoms with E-state index in [9.17, 15) is 13.2 Å². The summed E-state index contributed by atoms with van der Waals surface area (Å²) in [5.41, 5.74) is -0.668. The molecule has 1 unspecified atom stereocenters. The van der Waals surface area contributed by atoms with Gasteiger partial charge in [0.15, 0.2) is 6.40 Å². The highest BCUT2D eigenvalue weighted by molar-refractivity contribution is 6.30. The Morgan fingerprint density at radius 1 is 1.38 bits per heavy atom. The molecule has 0 saturated carbocycles. The van der Waals surface area contributed by atoms with Gasteiger partial charge in [-0.05, 0) is 23.8 Å². The average molecular weight is 250 g/mol. The second-order valence-corrected chi connectivity index (χ2v) is 3.77. The molecule has 0 radical (unpaired) electrons. The minimum absolute atomic E-state index is 0.0498. The quantitative estimate of drug-likeness (QED) is 0.747. The molecule has 16 heavy (non-hydrogen) atoms. The van der Waals surface area contributed by atoms with Crippen molar-refractivity contribution in [2.75, 3.05) is 6.61 Å². The van der Waals surface area contributed by atoms with Crippen LogP contribution in [-0.2, 0) is 10.9 Å². The summed E-state index contributed by atoms with van der Waals surface area (Å²) < 4.78 is 42.9. The third-order valence-electron chi connectivity index (χ3n) is 2.25. The summed E-state index contributed by atoms with van der Waals surface area (Å²) in [5, 5.41) is 0.255. The third-order valence-corrected chi connectivity index (χ3v) is 2.48. The second-order valence-electron chi connectivity index (χ2n) is 3.33. The molecule has 0 amide bonds. The van der Waals surface area contributed by atoms with Gasteiger partial charge < -0.3 is 4.74 Å².